The fourth-order valence-electron chi connectivity index (χ4n) is 10.0. The van der Waals surface area contributed by atoms with E-state index in [-0.39, 0.29) is 41.8 Å². The Bertz CT molecular complexity index is 2700. The zero-order valence-corrected chi connectivity index (χ0v) is 37.9. The third-order valence-electron chi connectivity index (χ3n) is 13.5. The molecule has 2 fully saturated rings. The normalized spacial score (nSPS) is 20.6. The van der Waals surface area contributed by atoms with E-state index in [2.05, 4.69) is 77.8 Å². The average molecular weight is 883 g/mol. The smallest absolute Gasteiger partial charge is 0.407 e. The molecule has 7 atom stereocenters. The van der Waals surface area contributed by atoms with Crippen LogP contribution >= 0.6 is 0 Å². The van der Waals surface area contributed by atoms with Crippen molar-refractivity contribution in [2.75, 3.05) is 47.8 Å². The molecule has 3 aliphatic heterocycles. The summed E-state index contributed by atoms with van der Waals surface area (Å²) in [5.41, 5.74) is 7.32. The molecule has 65 heavy (non-hydrogen) atoms. The van der Waals surface area contributed by atoms with Gasteiger partial charge in [-0.25, -0.2) is 14.8 Å². The second-order valence-corrected chi connectivity index (χ2v) is 17.9. The quantitative estimate of drug-likeness (QED) is 0.0790. The third kappa shape index (κ3) is 8.55. The SMILES string of the molecule is CC[C@H](C)[C@H](NCOC)C(=O)N1C[C@@H](C)CC1c1ncc(-c2ccc3c(c2)COc2cc4c(ccc5[nH]c([C@@H]6CC(COC)CN6C(=O)C(NC(=O)OC)c6ccccc6)nc54)cc2-3)[nH]1. The van der Waals surface area contributed by atoms with Gasteiger partial charge in [0.15, 0.2) is 0 Å². The van der Waals surface area contributed by atoms with E-state index in [0.717, 1.165) is 74.2 Å². The summed E-state index contributed by atoms with van der Waals surface area (Å²) in [6.45, 7) is 8.70. The molecule has 0 radical (unpaired) electrons. The molecular formula is C50H58N8O7. The van der Waals surface area contributed by atoms with Gasteiger partial charge in [-0.1, -0.05) is 75.7 Å². The second-order valence-electron chi connectivity index (χ2n) is 17.9. The van der Waals surface area contributed by atoms with E-state index in [4.69, 9.17) is 28.9 Å². The number of methoxy groups -OCH3 is 3. The predicted octanol–water partition coefficient (Wildman–Crippen LogP) is 7.82. The molecule has 4 N–H and O–H groups in total. The van der Waals surface area contributed by atoms with Crippen LogP contribution < -0.4 is 15.4 Å². The summed E-state index contributed by atoms with van der Waals surface area (Å²) in [6, 6.07) is 22.1. The Morgan fingerprint density at radius 3 is 2.46 bits per heavy atom. The van der Waals surface area contributed by atoms with Crippen LogP contribution in [0.25, 0.3) is 44.2 Å². The van der Waals surface area contributed by atoms with Crippen molar-refractivity contribution >= 4 is 39.7 Å². The number of imidazole rings is 2. The Kier molecular flexibility index (Phi) is 12.6. The Balaban J connectivity index is 0.980. The lowest BCUT2D eigenvalue weighted by Gasteiger charge is -2.31. The Labute approximate surface area is 378 Å². The molecule has 4 aromatic carbocycles. The van der Waals surface area contributed by atoms with E-state index in [0.29, 0.717) is 56.8 Å². The minimum Gasteiger partial charge on any atom is -0.488 e. The van der Waals surface area contributed by atoms with Gasteiger partial charge in [-0.05, 0) is 76.6 Å². The molecule has 0 saturated carbocycles. The second kappa shape index (κ2) is 18.7. The molecule has 340 valence electrons. The highest BCUT2D eigenvalue weighted by atomic mass is 16.5. The van der Waals surface area contributed by atoms with Crippen molar-refractivity contribution in [3.8, 4) is 28.1 Å². The molecule has 0 aliphatic carbocycles. The fourth-order valence-corrected chi connectivity index (χ4v) is 10.0. The summed E-state index contributed by atoms with van der Waals surface area (Å²) in [5.74, 6) is 2.63. The van der Waals surface area contributed by atoms with Crippen molar-refractivity contribution in [3.63, 3.8) is 0 Å². The summed E-state index contributed by atoms with van der Waals surface area (Å²) in [4.78, 5) is 61.8. The molecule has 5 heterocycles. The van der Waals surface area contributed by atoms with Gasteiger partial charge in [0.2, 0.25) is 5.91 Å². The molecule has 6 aromatic rings. The first-order valence-corrected chi connectivity index (χ1v) is 22.6. The van der Waals surface area contributed by atoms with Crippen LogP contribution in [0.15, 0.2) is 79.0 Å². The van der Waals surface area contributed by atoms with Gasteiger partial charge in [-0.15, -0.1) is 0 Å². The number of nitrogens with zero attached hydrogens (tertiary/aromatic N) is 4. The van der Waals surface area contributed by atoms with Crippen LogP contribution in [-0.2, 0) is 30.4 Å². The van der Waals surface area contributed by atoms with Crippen molar-refractivity contribution in [1.29, 1.82) is 0 Å². The lowest BCUT2D eigenvalue weighted by Crippen LogP contribution is -2.50. The molecule has 0 bridgehead atoms. The maximum atomic E-state index is 14.4. The van der Waals surface area contributed by atoms with Gasteiger partial charge < -0.3 is 44.0 Å². The summed E-state index contributed by atoms with van der Waals surface area (Å²) >= 11 is 0. The van der Waals surface area contributed by atoms with E-state index in [1.807, 2.05) is 47.5 Å². The number of fused-ring (bicyclic) bond motifs is 6. The lowest BCUT2D eigenvalue weighted by molar-refractivity contribution is -0.136. The number of alkyl carbamates (subject to hydrolysis) is 1. The molecule has 15 nitrogen and oxygen atoms in total. The highest BCUT2D eigenvalue weighted by molar-refractivity contribution is 6.07. The summed E-state index contributed by atoms with van der Waals surface area (Å²) < 4.78 is 22.2. The number of aromatic amines is 2. The fraction of sp³-hybridized carbons (Fsp3) is 0.420. The van der Waals surface area contributed by atoms with Crippen molar-refractivity contribution in [2.24, 2.45) is 17.8 Å². The number of H-pyrrole nitrogens is 2. The maximum absolute atomic E-state index is 14.4. The maximum Gasteiger partial charge on any atom is 0.407 e. The number of carbonyl (C=O) groups is 3. The van der Waals surface area contributed by atoms with Crippen molar-refractivity contribution in [3.05, 3.63) is 102 Å². The summed E-state index contributed by atoms with van der Waals surface area (Å²) in [7, 11) is 4.58. The molecule has 2 aromatic heterocycles. The molecule has 3 aliphatic rings. The Morgan fingerprint density at radius 1 is 0.892 bits per heavy atom. The number of nitrogens with one attached hydrogen (secondary N) is 4. The Hall–Kier alpha value is -6.29. The standard InChI is InChI=1S/C50H58N8O7/c1-7-29(3)43(52-27-63-5)48(59)57-23-28(2)17-40(57)46-51-22-39(54-46)33-13-15-35-34(19-33)26-65-42-21-36-32(20-37(35)42)14-16-38-45(36)55-47(53-38)41-18-30(25-62-4)24-58(41)49(60)44(56-50(61)64-6)31-11-9-8-10-12-31/h8-16,19-22,28-30,40-41,43-44,52H,7,17-18,23-27H2,1-6H3,(H,51,54)(H,53,55)(H,56,61)/t28-,29-,30?,40?,41-,43-,44?/m0/s1. The summed E-state index contributed by atoms with van der Waals surface area (Å²) in [6.07, 6.45) is 3.53. The Morgan fingerprint density at radius 2 is 1.69 bits per heavy atom. The number of hydrogen-bond acceptors (Lipinski definition) is 10. The molecule has 9 rings (SSSR count). The molecule has 15 heteroatoms. The van der Waals surface area contributed by atoms with Crippen LogP contribution in [0.1, 0.15) is 80.9 Å². The number of ether oxygens (including phenoxy) is 4. The predicted molar refractivity (Wildman–Crippen MR) is 247 cm³/mol. The van der Waals surface area contributed by atoms with E-state index < -0.39 is 12.1 Å². The van der Waals surface area contributed by atoms with Gasteiger partial charge in [0.1, 0.15) is 30.0 Å². The highest BCUT2D eigenvalue weighted by Crippen LogP contribution is 2.44. The van der Waals surface area contributed by atoms with Gasteiger partial charge in [0, 0.05) is 44.2 Å². The molecule has 3 unspecified atom stereocenters. The van der Waals surface area contributed by atoms with Gasteiger partial charge in [-0.2, -0.15) is 0 Å². The van der Waals surface area contributed by atoms with Gasteiger partial charge in [0.05, 0.1) is 61.5 Å². The number of benzene rings is 4. The number of likely N-dealkylation sites (tertiary alicyclic amines) is 2. The van der Waals surface area contributed by atoms with E-state index in [9.17, 15) is 14.4 Å². The molecular weight excluding hydrogens is 825 g/mol. The topological polar surface area (TPSA) is 176 Å². The van der Waals surface area contributed by atoms with Gasteiger partial charge in [-0.3, -0.25) is 14.9 Å². The van der Waals surface area contributed by atoms with Crippen LogP contribution in [0.5, 0.6) is 5.75 Å². The van der Waals surface area contributed by atoms with Crippen LogP contribution in [0.4, 0.5) is 4.79 Å². The first-order chi connectivity index (χ1) is 31.6. The first kappa shape index (κ1) is 43.9. The van der Waals surface area contributed by atoms with Crippen LogP contribution in [0.2, 0.25) is 0 Å². The average Bonchev–Trinajstić information content (AvgIpc) is 4.16. The largest absolute Gasteiger partial charge is 0.488 e. The zero-order valence-electron chi connectivity index (χ0n) is 37.9. The van der Waals surface area contributed by atoms with Crippen molar-refractivity contribution in [2.45, 2.75) is 70.8 Å². The van der Waals surface area contributed by atoms with E-state index in [1.165, 1.54) is 7.11 Å². The summed E-state index contributed by atoms with van der Waals surface area (Å²) in [5, 5.41) is 8.02. The molecule has 0 spiro atoms. The zero-order chi connectivity index (χ0) is 45.4. The monoisotopic (exact) mass is 882 g/mol. The van der Waals surface area contributed by atoms with E-state index >= 15 is 0 Å². The number of aromatic nitrogens is 4. The number of rotatable bonds is 14. The highest BCUT2D eigenvalue weighted by Gasteiger charge is 2.42. The van der Waals surface area contributed by atoms with Gasteiger partial charge >= 0.3 is 6.09 Å². The lowest BCUT2D eigenvalue weighted by atomic mass is 9.92. The van der Waals surface area contributed by atoms with Crippen LogP contribution in [0.3, 0.4) is 0 Å². The molecule has 2 saturated heterocycles. The van der Waals surface area contributed by atoms with Crippen LogP contribution in [-0.4, -0.2) is 101 Å². The van der Waals surface area contributed by atoms with Crippen molar-refractivity contribution in [1.82, 2.24) is 40.4 Å². The van der Waals surface area contributed by atoms with Gasteiger partial charge in [0.25, 0.3) is 5.91 Å². The minimum atomic E-state index is -0.946. The first-order valence-electron chi connectivity index (χ1n) is 22.6. The number of hydrogen-bond donors (Lipinski definition) is 4. The minimum absolute atomic E-state index is 0.0681. The number of carbonyl (C=O) groups excluding carboxylic acids is 3. The van der Waals surface area contributed by atoms with Crippen LogP contribution in [0, 0.1) is 17.8 Å². The third-order valence-corrected chi connectivity index (χ3v) is 13.5. The van der Waals surface area contributed by atoms with Crippen molar-refractivity contribution < 1.29 is 33.3 Å². The number of amides is 3. The molecule has 3 amide bonds. The van der Waals surface area contributed by atoms with E-state index in [1.54, 1.807) is 19.1 Å².